The molecule has 0 aromatic heterocycles. The van der Waals surface area contributed by atoms with Crippen molar-refractivity contribution in [1.29, 1.82) is 0 Å². The van der Waals surface area contributed by atoms with E-state index in [0.717, 1.165) is 13.2 Å². The van der Waals surface area contributed by atoms with Gasteiger partial charge in [-0.15, -0.1) is 0 Å². The first-order valence-corrected chi connectivity index (χ1v) is 7.68. The summed E-state index contributed by atoms with van der Waals surface area (Å²) in [6.45, 7) is 3.68. The molecular formula is C21H18O. The third kappa shape index (κ3) is 2.15. The molecule has 0 bridgehead atoms. The lowest BCUT2D eigenvalue weighted by molar-refractivity contribution is 0.134. The Hall–Kier alpha value is -2.38. The average Bonchev–Trinajstić information content (AvgIpc) is 3.05. The van der Waals surface area contributed by atoms with Gasteiger partial charge >= 0.3 is 0 Å². The number of hydrogen-bond acceptors (Lipinski definition) is 1. The smallest absolute Gasteiger partial charge is 0.0727 e. The molecule has 0 unspecified atom stereocenters. The van der Waals surface area contributed by atoms with Crippen molar-refractivity contribution in [3.05, 3.63) is 83.4 Å². The third-order valence-electron chi connectivity index (χ3n) is 4.45. The molecule has 1 aliphatic rings. The highest BCUT2D eigenvalue weighted by atomic mass is 16.5. The lowest BCUT2D eigenvalue weighted by Crippen LogP contribution is -1.96. The molecule has 0 saturated heterocycles. The quantitative estimate of drug-likeness (QED) is 0.616. The van der Waals surface area contributed by atoms with Gasteiger partial charge in [0.25, 0.3) is 0 Å². The maximum atomic E-state index is 5.68. The Balaban J connectivity index is 2.03. The van der Waals surface area contributed by atoms with Gasteiger partial charge in [-0.3, -0.25) is 0 Å². The molecule has 3 aromatic rings. The standard InChI is InChI=1S/C21H18O/c1-15-20-14-22-13-18(20)12-19(16-8-4-2-5-9-16)21(15)17-10-6-3-7-11-17/h2-12H,13-14H2,1H3. The van der Waals surface area contributed by atoms with Crippen molar-refractivity contribution in [1.82, 2.24) is 0 Å². The van der Waals surface area contributed by atoms with E-state index in [0.29, 0.717) is 0 Å². The van der Waals surface area contributed by atoms with Crippen LogP contribution in [-0.4, -0.2) is 0 Å². The van der Waals surface area contributed by atoms with Crippen LogP contribution in [0.4, 0.5) is 0 Å². The zero-order chi connectivity index (χ0) is 14.9. The average molecular weight is 286 g/mol. The molecule has 4 rings (SSSR count). The zero-order valence-electron chi connectivity index (χ0n) is 12.7. The molecule has 0 atom stereocenters. The summed E-state index contributed by atoms with van der Waals surface area (Å²) in [5.41, 5.74) is 9.20. The van der Waals surface area contributed by atoms with Gasteiger partial charge < -0.3 is 4.74 Å². The first-order chi connectivity index (χ1) is 10.8. The van der Waals surface area contributed by atoms with Crippen molar-refractivity contribution in [2.75, 3.05) is 0 Å². The topological polar surface area (TPSA) is 9.23 Å². The molecule has 1 nitrogen and oxygen atoms in total. The summed E-state index contributed by atoms with van der Waals surface area (Å²) in [5, 5.41) is 0. The van der Waals surface area contributed by atoms with Crippen molar-refractivity contribution in [3.8, 4) is 22.3 Å². The summed E-state index contributed by atoms with van der Waals surface area (Å²) < 4.78 is 5.68. The molecule has 0 N–H and O–H groups in total. The minimum Gasteiger partial charge on any atom is -0.372 e. The van der Waals surface area contributed by atoms with Crippen LogP contribution in [-0.2, 0) is 18.0 Å². The van der Waals surface area contributed by atoms with Gasteiger partial charge in [-0.05, 0) is 51.9 Å². The fourth-order valence-electron chi connectivity index (χ4n) is 3.34. The van der Waals surface area contributed by atoms with E-state index in [9.17, 15) is 0 Å². The minimum atomic E-state index is 0.727. The molecule has 0 spiro atoms. The van der Waals surface area contributed by atoms with E-state index >= 15 is 0 Å². The summed E-state index contributed by atoms with van der Waals surface area (Å²) in [5.74, 6) is 0. The van der Waals surface area contributed by atoms with Gasteiger partial charge in [0.05, 0.1) is 13.2 Å². The largest absolute Gasteiger partial charge is 0.372 e. The maximum absolute atomic E-state index is 5.68. The molecule has 3 aromatic carbocycles. The summed E-state index contributed by atoms with van der Waals surface area (Å²) in [4.78, 5) is 0. The van der Waals surface area contributed by atoms with Crippen LogP contribution >= 0.6 is 0 Å². The van der Waals surface area contributed by atoms with Crippen molar-refractivity contribution < 1.29 is 4.74 Å². The van der Waals surface area contributed by atoms with E-state index in [4.69, 9.17) is 4.74 Å². The Labute approximate surface area is 131 Å². The highest BCUT2D eigenvalue weighted by molar-refractivity contribution is 5.87. The lowest BCUT2D eigenvalue weighted by atomic mass is 9.86. The van der Waals surface area contributed by atoms with E-state index in [1.807, 2.05) is 0 Å². The fourth-order valence-corrected chi connectivity index (χ4v) is 3.34. The first-order valence-electron chi connectivity index (χ1n) is 7.68. The second kappa shape index (κ2) is 5.43. The molecule has 1 heteroatoms. The van der Waals surface area contributed by atoms with Crippen LogP contribution in [0.15, 0.2) is 66.7 Å². The van der Waals surface area contributed by atoms with Gasteiger partial charge in [-0.1, -0.05) is 60.7 Å². The number of benzene rings is 3. The molecule has 1 heterocycles. The van der Waals surface area contributed by atoms with Gasteiger partial charge in [-0.2, -0.15) is 0 Å². The predicted octanol–water partition coefficient (Wildman–Crippen LogP) is 5.36. The number of hydrogen-bond donors (Lipinski definition) is 0. The summed E-state index contributed by atoms with van der Waals surface area (Å²) in [7, 11) is 0. The van der Waals surface area contributed by atoms with E-state index in [-0.39, 0.29) is 0 Å². The van der Waals surface area contributed by atoms with Crippen molar-refractivity contribution in [2.45, 2.75) is 20.1 Å². The lowest BCUT2D eigenvalue weighted by Gasteiger charge is -2.17. The normalized spacial score (nSPS) is 13.1. The molecule has 1 aliphatic heterocycles. The Bertz CT molecular complexity index is 804. The summed E-state index contributed by atoms with van der Waals surface area (Å²) in [6, 6.07) is 23.6. The van der Waals surface area contributed by atoms with Crippen molar-refractivity contribution >= 4 is 0 Å². The number of ether oxygens (including phenoxy) is 1. The van der Waals surface area contributed by atoms with E-state index in [2.05, 4.69) is 73.7 Å². The Morgan fingerprint density at radius 2 is 1.41 bits per heavy atom. The van der Waals surface area contributed by atoms with Crippen LogP contribution in [0.2, 0.25) is 0 Å². The van der Waals surface area contributed by atoms with Gasteiger partial charge in [-0.25, -0.2) is 0 Å². The van der Waals surface area contributed by atoms with Gasteiger partial charge in [0.15, 0.2) is 0 Å². The van der Waals surface area contributed by atoms with Crippen molar-refractivity contribution in [3.63, 3.8) is 0 Å². The van der Waals surface area contributed by atoms with Crippen LogP contribution in [0.5, 0.6) is 0 Å². The van der Waals surface area contributed by atoms with Crippen molar-refractivity contribution in [2.24, 2.45) is 0 Å². The highest BCUT2D eigenvalue weighted by Gasteiger charge is 2.20. The predicted molar refractivity (Wildman–Crippen MR) is 90.5 cm³/mol. The second-order valence-corrected chi connectivity index (χ2v) is 5.79. The minimum absolute atomic E-state index is 0.727. The second-order valence-electron chi connectivity index (χ2n) is 5.79. The Kier molecular flexibility index (Phi) is 3.28. The van der Waals surface area contributed by atoms with Crippen LogP contribution in [0.25, 0.3) is 22.3 Å². The summed E-state index contributed by atoms with van der Waals surface area (Å²) >= 11 is 0. The van der Waals surface area contributed by atoms with Crippen LogP contribution in [0, 0.1) is 6.92 Å². The van der Waals surface area contributed by atoms with Gasteiger partial charge in [0, 0.05) is 0 Å². The van der Waals surface area contributed by atoms with Crippen LogP contribution in [0.1, 0.15) is 16.7 Å². The summed E-state index contributed by atoms with van der Waals surface area (Å²) in [6.07, 6.45) is 0. The monoisotopic (exact) mass is 286 g/mol. The highest BCUT2D eigenvalue weighted by Crippen LogP contribution is 2.40. The Morgan fingerprint density at radius 3 is 2.09 bits per heavy atom. The molecule has 108 valence electrons. The maximum Gasteiger partial charge on any atom is 0.0727 e. The van der Waals surface area contributed by atoms with Crippen LogP contribution < -0.4 is 0 Å². The van der Waals surface area contributed by atoms with E-state index in [1.165, 1.54) is 38.9 Å². The van der Waals surface area contributed by atoms with E-state index in [1.54, 1.807) is 0 Å². The third-order valence-corrected chi connectivity index (χ3v) is 4.45. The molecule has 0 radical (unpaired) electrons. The number of rotatable bonds is 2. The molecule has 22 heavy (non-hydrogen) atoms. The van der Waals surface area contributed by atoms with Gasteiger partial charge in [0.2, 0.25) is 0 Å². The van der Waals surface area contributed by atoms with Crippen LogP contribution in [0.3, 0.4) is 0 Å². The molecule has 0 aliphatic carbocycles. The molecule has 0 fully saturated rings. The first kappa shape index (κ1) is 13.3. The fraction of sp³-hybridized carbons (Fsp3) is 0.143. The SMILES string of the molecule is Cc1c2c(cc(-c3ccccc3)c1-c1ccccc1)COC2. The molecule has 0 saturated carbocycles. The van der Waals surface area contributed by atoms with Gasteiger partial charge in [0.1, 0.15) is 0 Å². The Morgan fingerprint density at radius 1 is 0.773 bits per heavy atom. The van der Waals surface area contributed by atoms with E-state index < -0.39 is 0 Å². The molecular weight excluding hydrogens is 268 g/mol. The zero-order valence-corrected chi connectivity index (χ0v) is 12.7. The number of fused-ring (bicyclic) bond motifs is 1. The molecule has 0 amide bonds.